The first kappa shape index (κ1) is 17.4. The molecule has 2 N–H and O–H groups in total. The molecule has 2 atom stereocenters. The Balaban J connectivity index is 1.77. The van der Waals surface area contributed by atoms with Crippen molar-refractivity contribution in [2.24, 2.45) is 5.92 Å². The predicted molar refractivity (Wildman–Crippen MR) is 96.6 cm³/mol. The fourth-order valence-electron chi connectivity index (χ4n) is 3.49. The van der Waals surface area contributed by atoms with Gasteiger partial charge in [0.05, 0.1) is 0 Å². The molecule has 0 radical (unpaired) electrons. The summed E-state index contributed by atoms with van der Waals surface area (Å²) in [5, 5.41) is 12.7. The van der Waals surface area contributed by atoms with Crippen LogP contribution in [0, 0.1) is 12.8 Å². The van der Waals surface area contributed by atoms with Gasteiger partial charge in [0.15, 0.2) is 0 Å². The molecule has 1 fully saturated rings. The third-order valence-corrected chi connectivity index (χ3v) is 4.78. The third-order valence-electron chi connectivity index (χ3n) is 4.78. The Morgan fingerprint density at radius 3 is 2.76 bits per heavy atom. The Bertz CT molecular complexity index is 735. The van der Waals surface area contributed by atoms with Crippen LogP contribution in [0.3, 0.4) is 0 Å². The van der Waals surface area contributed by atoms with Gasteiger partial charge in [0.2, 0.25) is 5.95 Å². The number of likely N-dealkylation sites (tertiary alicyclic amines) is 1. The number of nitrogens with one attached hydrogen (secondary N) is 1. The minimum absolute atomic E-state index is 0.0341. The second-order valence-corrected chi connectivity index (χ2v) is 6.47. The van der Waals surface area contributed by atoms with Crippen molar-refractivity contribution in [1.82, 2.24) is 14.9 Å². The molecule has 0 unspecified atom stereocenters. The van der Waals surface area contributed by atoms with E-state index in [-0.39, 0.29) is 24.3 Å². The molecule has 132 valence electrons. The standard InChI is InChI=1S/C19H24N4O2/c1-13-10-17(22-19(20-2)21-13)18(25)23-9-8-16(15(11-23)12-24)14-6-4-3-5-7-14/h3-7,10,15-16,24H,8-9,11-12H2,1-2H3,(H,20,21,22)/t15-,16+/m1/s1. The van der Waals surface area contributed by atoms with Gasteiger partial charge < -0.3 is 15.3 Å². The topological polar surface area (TPSA) is 78.4 Å². The maximum atomic E-state index is 12.9. The number of piperidine rings is 1. The number of hydrogen-bond donors (Lipinski definition) is 2. The summed E-state index contributed by atoms with van der Waals surface area (Å²) < 4.78 is 0. The average molecular weight is 340 g/mol. The average Bonchev–Trinajstić information content (AvgIpc) is 2.67. The van der Waals surface area contributed by atoms with Crippen LogP contribution >= 0.6 is 0 Å². The van der Waals surface area contributed by atoms with Crippen LogP contribution in [0.15, 0.2) is 36.4 Å². The highest BCUT2D eigenvalue weighted by atomic mass is 16.3. The third kappa shape index (κ3) is 3.79. The van der Waals surface area contributed by atoms with Crippen LogP contribution in [-0.2, 0) is 0 Å². The van der Waals surface area contributed by atoms with E-state index in [2.05, 4.69) is 27.4 Å². The van der Waals surface area contributed by atoms with Crippen molar-refractivity contribution in [2.75, 3.05) is 32.1 Å². The second kappa shape index (κ2) is 7.61. The molecule has 1 aliphatic heterocycles. The van der Waals surface area contributed by atoms with Crippen molar-refractivity contribution in [2.45, 2.75) is 19.3 Å². The number of amides is 1. The highest BCUT2D eigenvalue weighted by Crippen LogP contribution is 2.33. The molecule has 6 heteroatoms. The number of aryl methyl sites for hydroxylation is 1. The zero-order valence-corrected chi connectivity index (χ0v) is 14.6. The normalized spacial score (nSPS) is 20.4. The Morgan fingerprint density at radius 1 is 1.32 bits per heavy atom. The van der Waals surface area contributed by atoms with Gasteiger partial charge in [0, 0.05) is 38.4 Å². The summed E-state index contributed by atoms with van der Waals surface area (Å²) in [6.45, 7) is 3.10. The van der Waals surface area contributed by atoms with E-state index in [1.54, 1.807) is 18.0 Å². The van der Waals surface area contributed by atoms with Crippen molar-refractivity contribution in [3.8, 4) is 0 Å². The quantitative estimate of drug-likeness (QED) is 0.891. The lowest BCUT2D eigenvalue weighted by molar-refractivity contribution is 0.0572. The molecule has 3 rings (SSSR count). The van der Waals surface area contributed by atoms with E-state index >= 15 is 0 Å². The van der Waals surface area contributed by atoms with Crippen LogP contribution in [0.2, 0.25) is 0 Å². The molecule has 25 heavy (non-hydrogen) atoms. The lowest BCUT2D eigenvalue weighted by Gasteiger charge is -2.38. The fourth-order valence-corrected chi connectivity index (χ4v) is 3.49. The van der Waals surface area contributed by atoms with Gasteiger partial charge in [-0.1, -0.05) is 30.3 Å². The summed E-state index contributed by atoms with van der Waals surface area (Å²) in [7, 11) is 1.73. The first-order valence-corrected chi connectivity index (χ1v) is 8.61. The van der Waals surface area contributed by atoms with Gasteiger partial charge in [-0.25, -0.2) is 9.97 Å². The van der Waals surface area contributed by atoms with Gasteiger partial charge in [-0.3, -0.25) is 4.79 Å². The number of hydrogen-bond acceptors (Lipinski definition) is 5. The van der Waals surface area contributed by atoms with Crippen LogP contribution in [0.5, 0.6) is 0 Å². The van der Waals surface area contributed by atoms with Crippen LogP contribution in [0.1, 0.15) is 34.1 Å². The predicted octanol–water partition coefficient (Wildman–Crippen LogP) is 2.06. The van der Waals surface area contributed by atoms with Gasteiger partial charge in [-0.2, -0.15) is 0 Å². The van der Waals surface area contributed by atoms with Crippen LogP contribution in [0.25, 0.3) is 0 Å². The number of aliphatic hydroxyl groups excluding tert-OH is 1. The van der Waals surface area contributed by atoms with Crippen molar-refractivity contribution >= 4 is 11.9 Å². The van der Waals surface area contributed by atoms with Gasteiger partial charge >= 0.3 is 0 Å². The molecule has 0 aliphatic carbocycles. The summed E-state index contributed by atoms with van der Waals surface area (Å²) in [4.78, 5) is 23.2. The molecule has 1 aliphatic rings. The highest BCUT2D eigenvalue weighted by molar-refractivity contribution is 5.92. The van der Waals surface area contributed by atoms with Crippen molar-refractivity contribution in [3.63, 3.8) is 0 Å². The van der Waals surface area contributed by atoms with Crippen molar-refractivity contribution in [3.05, 3.63) is 53.3 Å². The van der Waals surface area contributed by atoms with Crippen LogP contribution in [-0.4, -0.2) is 52.6 Å². The highest BCUT2D eigenvalue weighted by Gasteiger charge is 2.32. The molecule has 6 nitrogen and oxygen atoms in total. The van der Waals surface area contributed by atoms with Gasteiger partial charge in [-0.05, 0) is 30.9 Å². The molecule has 1 aromatic heterocycles. The lowest BCUT2D eigenvalue weighted by atomic mass is 9.81. The first-order chi connectivity index (χ1) is 12.1. The number of nitrogens with zero attached hydrogens (tertiary/aromatic N) is 3. The minimum Gasteiger partial charge on any atom is -0.396 e. The summed E-state index contributed by atoms with van der Waals surface area (Å²) in [6.07, 6.45) is 0.837. The molecule has 2 aromatic rings. The number of benzene rings is 1. The Morgan fingerprint density at radius 2 is 2.08 bits per heavy atom. The van der Waals surface area contributed by atoms with E-state index < -0.39 is 0 Å². The van der Waals surface area contributed by atoms with Crippen LogP contribution in [0.4, 0.5) is 5.95 Å². The number of rotatable bonds is 4. The fraction of sp³-hybridized carbons (Fsp3) is 0.421. The molecule has 1 amide bonds. The maximum absolute atomic E-state index is 12.9. The van der Waals surface area contributed by atoms with Gasteiger partial charge in [-0.15, -0.1) is 0 Å². The monoisotopic (exact) mass is 340 g/mol. The summed E-state index contributed by atoms with van der Waals surface area (Å²) in [5.74, 6) is 0.648. The molecule has 1 saturated heterocycles. The van der Waals surface area contributed by atoms with Crippen molar-refractivity contribution in [1.29, 1.82) is 0 Å². The van der Waals surface area contributed by atoms with E-state index in [1.165, 1.54) is 5.56 Å². The summed E-state index contributed by atoms with van der Waals surface area (Å²) in [6, 6.07) is 11.9. The van der Waals surface area contributed by atoms with E-state index in [9.17, 15) is 9.90 Å². The van der Waals surface area contributed by atoms with Crippen LogP contribution < -0.4 is 5.32 Å². The zero-order valence-electron chi connectivity index (χ0n) is 14.6. The molecular weight excluding hydrogens is 316 g/mol. The number of aromatic nitrogens is 2. The zero-order chi connectivity index (χ0) is 17.8. The summed E-state index contributed by atoms with van der Waals surface area (Å²) >= 11 is 0. The molecular formula is C19H24N4O2. The first-order valence-electron chi connectivity index (χ1n) is 8.61. The smallest absolute Gasteiger partial charge is 0.272 e. The van der Waals surface area contributed by atoms with Gasteiger partial charge in [0.1, 0.15) is 5.69 Å². The minimum atomic E-state index is -0.105. The molecule has 0 saturated carbocycles. The SMILES string of the molecule is CNc1nc(C)cc(C(=O)N2CC[C@@H](c3ccccc3)[C@@H](CO)C2)n1. The molecule has 0 bridgehead atoms. The molecule has 1 aromatic carbocycles. The largest absolute Gasteiger partial charge is 0.396 e. The van der Waals surface area contributed by atoms with Gasteiger partial charge in [0.25, 0.3) is 5.91 Å². The van der Waals surface area contributed by atoms with E-state index in [1.807, 2.05) is 25.1 Å². The number of carbonyl (C=O) groups excluding carboxylic acids is 1. The number of aliphatic hydroxyl groups is 1. The number of carbonyl (C=O) groups is 1. The Labute approximate surface area is 147 Å². The number of anilines is 1. The Kier molecular flexibility index (Phi) is 5.28. The maximum Gasteiger partial charge on any atom is 0.272 e. The second-order valence-electron chi connectivity index (χ2n) is 6.47. The van der Waals surface area contributed by atoms with E-state index in [4.69, 9.17) is 0 Å². The summed E-state index contributed by atoms with van der Waals surface area (Å²) in [5.41, 5.74) is 2.37. The lowest BCUT2D eigenvalue weighted by Crippen LogP contribution is -2.44. The van der Waals surface area contributed by atoms with Crippen molar-refractivity contribution < 1.29 is 9.90 Å². The Hall–Kier alpha value is -2.47. The van der Waals surface area contributed by atoms with E-state index in [0.717, 1.165) is 12.1 Å². The molecule has 2 heterocycles. The van der Waals surface area contributed by atoms with E-state index in [0.29, 0.717) is 24.7 Å². The molecule has 0 spiro atoms.